The highest BCUT2D eigenvalue weighted by molar-refractivity contribution is 6.34. The fraction of sp³-hybridized carbons (Fsp3) is 0.192. The lowest BCUT2D eigenvalue weighted by Gasteiger charge is -2.29. The SMILES string of the molecule is COC(=O)c1ccc(C(=O)Nc2cc(C3=NOC(c4cc(Cl)cc(Cl)c4)(C(F)(F)F)C3)ccc2C)cc1. The molecular formula is C26H19Cl2F3N2O4. The lowest BCUT2D eigenvalue weighted by molar-refractivity contribution is -0.275. The summed E-state index contributed by atoms with van der Waals surface area (Å²) in [6.45, 7) is 1.74. The van der Waals surface area contributed by atoms with Crippen LogP contribution in [0.5, 0.6) is 0 Å². The van der Waals surface area contributed by atoms with Crippen LogP contribution in [-0.4, -0.2) is 30.9 Å². The normalized spacial score (nSPS) is 17.1. The van der Waals surface area contributed by atoms with Crippen molar-refractivity contribution in [2.45, 2.75) is 25.1 Å². The van der Waals surface area contributed by atoms with Crippen LogP contribution in [0.15, 0.2) is 65.8 Å². The Kier molecular flexibility index (Phi) is 7.21. The molecule has 0 fully saturated rings. The Balaban J connectivity index is 1.60. The molecule has 1 heterocycles. The smallest absolute Gasteiger partial charge is 0.435 e. The van der Waals surface area contributed by atoms with Gasteiger partial charge in [0.1, 0.15) is 0 Å². The third kappa shape index (κ3) is 5.28. The van der Waals surface area contributed by atoms with Crippen molar-refractivity contribution in [1.82, 2.24) is 0 Å². The number of esters is 1. The van der Waals surface area contributed by atoms with Gasteiger partial charge in [0.25, 0.3) is 11.5 Å². The maximum atomic E-state index is 14.3. The summed E-state index contributed by atoms with van der Waals surface area (Å²) < 4.78 is 47.5. The van der Waals surface area contributed by atoms with Crippen LogP contribution in [0.3, 0.4) is 0 Å². The molecule has 0 saturated heterocycles. The maximum Gasteiger partial charge on any atom is 0.435 e. The summed E-state index contributed by atoms with van der Waals surface area (Å²) in [6.07, 6.45) is -5.46. The van der Waals surface area contributed by atoms with Gasteiger partial charge >= 0.3 is 12.1 Å². The van der Waals surface area contributed by atoms with Gasteiger partial charge in [0.2, 0.25) is 0 Å². The van der Waals surface area contributed by atoms with Gasteiger partial charge in [0.05, 0.1) is 18.4 Å². The minimum absolute atomic E-state index is 0.0307. The molecule has 1 amide bonds. The number of hydrogen-bond donors (Lipinski definition) is 1. The molecule has 0 bridgehead atoms. The number of halogens is 5. The molecule has 4 rings (SSSR count). The van der Waals surface area contributed by atoms with E-state index in [4.69, 9.17) is 28.0 Å². The molecule has 1 aliphatic rings. The zero-order valence-corrected chi connectivity index (χ0v) is 21.0. The molecule has 0 saturated carbocycles. The molecule has 1 N–H and O–H groups in total. The Morgan fingerprint density at radius 1 is 1.00 bits per heavy atom. The van der Waals surface area contributed by atoms with Crippen LogP contribution in [0, 0.1) is 6.92 Å². The molecule has 0 aliphatic carbocycles. The molecule has 1 aliphatic heterocycles. The Morgan fingerprint density at radius 2 is 1.62 bits per heavy atom. The highest BCUT2D eigenvalue weighted by Gasteiger charge is 2.62. The first kappa shape index (κ1) is 26.5. The number of amides is 1. The molecule has 3 aromatic carbocycles. The number of methoxy groups -OCH3 is 1. The Hall–Kier alpha value is -3.56. The monoisotopic (exact) mass is 550 g/mol. The number of benzene rings is 3. The summed E-state index contributed by atoms with van der Waals surface area (Å²) in [4.78, 5) is 29.4. The van der Waals surface area contributed by atoms with E-state index in [1.165, 1.54) is 43.5 Å². The van der Waals surface area contributed by atoms with Gasteiger partial charge in [-0.05, 0) is 61.0 Å². The first-order chi connectivity index (χ1) is 17.4. The summed E-state index contributed by atoms with van der Waals surface area (Å²) in [5, 5.41) is 6.56. The van der Waals surface area contributed by atoms with Crippen LogP contribution in [0.4, 0.5) is 18.9 Å². The van der Waals surface area contributed by atoms with E-state index >= 15 is 0 Å². The average molecular weight is 551 g/mol. The minimum atomic E-state index is -4.83. The number of carbonyl (C=O) groups excluding carboxylic acids is 2. The number of aryl methyl sites for hydroxylation is 1. The van der Waals surface area contributed by atoms with E-state index in [9.17, 15) is 22.8 Å². The second-order valence-electron chi connectivity index (χ2n) is 8.34. The molecular weight excluding hydrogens is 532 g/mol. The van der Waals surface area contributed by atoms with E-state index in [2.05, 4.69) is 15.2 Å². The summed E-state index contributed by atoms with van der Waals surface area (Å²) in [5.74, 6) is -1.01. The molecule has 3 aromatic rings. The minimum Gasteiger partial charge on any atom is -0.465 e. The predicted molar refractivity (Wildman–Crippen MR) is 133 cm³/mol. The van der Waals surface area contributed by atoms with Crippen molar-refractivity contribution in [3.05, 3.63) is 98.5 Å². The van der Waals surface area contributed by atoms with Gasteiger partial charge < -0.3 is 14.9 Å². The molecule has 192 valence electrons. The van der Waals surface area contributed by atoms with Crippen molar-refractivity contribution >= 4 is 46.5 Å². The number of hydrogen-bond acceptors (Lipinski definition) is 5. The van der Waals surface area contributed by atoms with Gasteiger partial charge in [-0.1, -0.05) is 40.5 Å². The molecule has 0 spiro atoms. The number of nitrogens with zero attached hydrogens (tertiary/aromatic N) is 1. The van der Waals surface area contributed by atoms with E-state index in [-0.39, 0.29) is 32.4 Å². The number of oxime groups is 1. The van der Waals surface area contributed by atoms with Crippen molar-refractivity contribution < 1.29 is 32.3 Å². The first-order valence-corrected chi connectivity index (χ1v) is 11.6. The number of carbonyl (C=O) groups is 2. The third-order valence-corrected chi connectivity index (χ3v) is 6.34. The second kappa shape index (κ2) is 10.1. The van der Waals surface area contributed by atoms with Crippen LogP contribution < -0.4 is 5.32 Å². The molecule has 37 heavy (non-hydrogen) atoms. The van der Waals surface area contributed by atoms with Crippen LogP contribution in [0.2, 0.25) is 10.0 Å². The number of nitrogens with one attached hydrogen (secondary N) is 1. The Morgan fingerprint density at radius 3 is 2.22 bits per heavy atom. The summed E-state index contributed by atoms with van der Waals surface area (Å²) in [7, 11) is 1.25. The van der Waals surface area contributed by atoms with E-state index < -0.39 is 30.1 Å². The van der Waals surface area contributed by atoms with Crippen LogP contribution in [-0.2, 0) is 15.2 Å². The van der Waals surface area contributed by atoms with Gasteiger partial charge in [0.15, 0.2) is 0 Å². The Labute approximate surface area is 220 Å². The van der Waals surface area contributed by atoms with Crippen molar-refractivity contribution in [3.8, 4) is 0 Å². The zero-order chi connectivity index (χ0) is 27.0. The van der Waals surface area contributed by atoms with E-state index in [1.54, 1.807) is 19.1 Å². The number of rotatable bonds is 5. The van der Waals surface area contributed by atoms with E-state index in [1.807, 2.05) is 0 Å². The number of anilines is 1. The third-order valence-electron chi connectivity index (χ3n) is 5.90. The lowest BCUT2D eigenvalue weighted by atomic mass is 9.86. The van der Waals surface area contributed by atoms with Gasteiger partial charge in [-0.3, -0.25) is 4.79 Å². The summed E-state index contributed by atoms with van der Waals surface area (Å²) in [5.41, 5.74) is -1.07. The van der Waals surface area contributed by atoms with E-state index in [0.717, 1.165) is 12.1 Å². The quantitative estimate of drug-likeness (QED) is 0.349. The highest BCUT2D eigenvalue weighted by atomic mass is 35.5. The standard InChI is InChI=1S/C26H19Cl2F3N2O4/c1-14-3-4-17(9-21(14)32-23(34)15-5-7-16(8-6-15)24(35)36-2)22-13-25(37-33-22,26(29,30)31)18-10-19(27)12-20(28)11-18/h3-12H,13H2,1-2H3,(H,32,34). The summed E-state index contributed by atoms with van der Waals surface area (Å²) >= 11 is 11.9. The van der Waals surface area contributed by atoms with Crippen LogP contribution >= 0.6 is 23.2 Å². The largest absolute Gasteiger partial charge is 0.465 e. The van der Waals surface area contributed by atoms with Crippen LogP contribution in [0.1, 0.15) is 43.8 Å². The average Bonchev–Trinajstić information content (AvgIpc) is 3.31. The number of ether oxygens (including phenoxy) is 1. The molecule has 1 atom stereocenters. The second-order valence-corrected chi connectivity index (χ2v) is 9.21. The molecule has 1 unspecified atom stereocenters. The molecule has 6 nitrogen and oxygen atoms in total. The van der Waals surface area contributed by atoms with E-state index in [0.29, 0.717) is 16.8 Å². The summed E-state index contributed by atoms with van der Waals surface area (Å²) in [6, 6.07) is 14.2. The fourth-order valence-corrected chi connectivity index (χ4v) is 4.38. The predicted octanol–water partition coefficient (Wildman–Crippen LogP) is 6.92. The van der Waals surface area contributed by atoms with Gasteiger partial charge in [-0.2, -0.15) is 13.2 Å². The van der Waals surface area contributed by atoms with Crippen molar-refractivity contribution in [3.63, 3.8) is 0 Å². The topological polar surface area (TPSA) is 77.0 Å². The molecule has 0 radical (unpaired) electrons. The fourth-order valence-electron chi connectivity index (χ4n) is 3.85. The first-order valence-electron chi connectivity index (χ1n) is 10.8. The number of alkyl halides is 3. The lowest BCUT2D eigenvalue weighted by Crippen LogP contribution is -2.42. The van der Waals surface area contributed by atoms with Gasteiger partial charge in [-0.15, -0.1) is 0 Å². The van der Waals surface area contributed by atoms with Gasteiger partial charge in [-0.25, -0.2) is 4.79 Å². The van der Waals surface area contributed by atoms with Crippen molar-refractivity contribution in [1.29, 1.82) is 0 Å². The Bertz CT molecular complexity index is 1390. The van der Waals surface area contributed by atoms with Gasteiger partial charge in [0, 0.05) is 38.8 Å². The molecule has 11 heteroatoms. The maximum absolute atomic E-state index is 14.3. The van der Waals surface area contributed by atoms with Crippen molar-refractivity contribution in [2.24, 2.45) is 5.16 Å². The molecule has 0 aromatic heterocycles. The zero-order valence-electron chi connectivity index (χ0n) is 19.5. The highest BCUT2D eigenvalue weighted by Crippen LogP contribution is 2.49. The van der Waals surface area contributed by atoms with Crippen molar-refractivity contribution in [2.75, 3.05) is 12.4 Å². The van der Waals surface area contributed by atoms with Crippen LogP contribution in [0.25, 0.3) is 0 Å².